The summed E-state index contributed by atoms with van der Waals surface area (Å²) in [5, 5.41) is 11.8. The zero-order valence-corrected chi connectivity index (χ0v) is 13.0. The van der Waals surface area contributed by atoms with Crippen molar-refractivity contribution < 1.29 is 5.11 Å². The van der Waals surface area contributed by atoms with Crippen LogP contribution in [-0.2, 0) is 0 Å². The van der Waals surface area contributed by atoms with E-state index in [1.54, 1.807) is 0 Å². The van der Waals surface area contributed by atoms with E-state index in [1.807, 2.05) is 0 Å². The van der Waals surface area contributed by atoms with E-state index in [4.69, 9.17) is 0 Å². The summed E-state index contributed by atoms with van der Waals surface area (Å²) in [7, 11) is -1.33. The van der Waals surface area contributed by atoms with Gasteiger partial charge in [-0.05, 0) is 19.3 Å². The largest absolute Gasteiger partial charge is 0.389 e. The molecule has 0 aromatic heterocycles. The first-order valence-electron chi connectivity index (χ1n) is 7.40. The minimum absolute atomic E-state index is 0.152. The molecule has 1 rings (SSSR count). The number of aliphatic hydroxyl groups is 1. The van der Waals surface area contributed by atoms with Crippen LogP contribution in [0.1, 0.15) is 57.8 Å². The topological polar surface area (TPSA) is 20.2 Å². The fraction of sp³-hybridized carbons (Fsp3) is 0.867. The van der Waals surface area contributed by atoms with Crippen LogP contribution in [0.2, 0.25) is 19.6 Å². The number of aliphatic hydroxyl groups excluding tert-OH is 1. The molecule has 0 saturated carbocycles. The highest BCUT2D eigenvalue weighted by Crippen LogP contribution is 2.24. The second-order valence-electron chi connectivity index (χ2n) is 6.48. The second kappa shape index (κ2) is 7.37. The highest BCUT2D eigenvalue weighted by Gasteiger charge is 2.25. The molecule has 0 aromatic carbocycles. The van der Waals surface area contributed by atoms with E-state index in [-0.39, 0.29) is 6.10 Å². The Morgan fingerprint density at radius 3 is 2.06 bits per heavy atom. The van der Waals surface area contributed by atoms with Crippen molar-refractivity contribution in [1.82, 2.24) is 0 Å². The van der Waals surface area contributed by atoms with Gasteiger partial charge in [-0.15, -0.1) is 0 Å². The predicted octanol–water partition coefficient (Wildman–Crippen LogP) is 4.68. The van der Waals surface area contributed by atoms with E-state index in [2.05, 4.69) is 25.7 Å². The SMILES string of the molecule is C[Si](C)(C)/C1=C\CCCCCCCCC[C@@H]1O. The van der Waals surface area contributed by atoms with Crippen molar-refractivity contribution in [3.05, 3.63) is 11.3 Å². The van der Waals surface area contributed by atoms with Gasteiger partial charge in [-0.25, -0.2) is 0 Å². The predicted molar refractivity (Wildman–Crippen MR) is 79.0 cm³/mol. The lowest BCUT2D eigenvalue weighted by molar-refractivity contribution is 0.201. The molecule has 0 radical (unpaired) electrons. The van der Waals surface area contributed by atoms with Crippen molar-refractivity contribution in [2.24, 2.45) is 0 Å². The highest BCUT2D eigenvalue weighted by molar-refractivity contribution is 6.83. The maximum absolute atomic E-state index is 10.4. The Kier molecular flexibility index (Phi) is 6.50. The van der Waals surface area contributed by atoms with Crippen molar-refractivity contribution in [1.29, 1.82) is 0 Å². The van der Waals surface area contributed by atoms with Gasteiger partial charge in [-0.3, -0.25) is 0 Å². The minimum Gasteiger partial charge on any atom is -0.389 e. The van der Waals surface area contributed by atoms with Gasteiger partial charge in [-0.2, -0.15) is 0 Å². The molecule has 100 valence electrons. The van der Waals surface area contributed by atoms with E-state index in [0.29, 0.717) is 0 Å². The molecule has 1 N–H and O–H groups in total. The zero-order valence-electron chi connectivity index (χ0n) is 12.0. The van der Waals surface area contributed by atoms with E-state index in [1.165, 1.54) is 56.6 Å². The van der Waals surface area contributed by atoms with Gasteiger partial charge in [0.2, 0.25) is 0 Å². The van der Waals surface area contributed by atoms with Gasteiger partial charge >= 0.3 is 0 Å². The summed E-state index contributed by atoms with van der Waals surface area (Å²) in [4.78, 5) is 0. The van der Waals surface area contributed by atoms with Crippen molar-refractivity contribution in [3.8, 4) is 0 Å². The molecule has 0 heterocycles. The van der Waals surface area contributed by atoms with Crippen LogP contribution in [0.5, 0.6) is 0 Å². The summed E-state index contributed by atoms with van der Waals surface area (Å²) < 4.78 is 0. The van der Waals surface area contributed by atoms with Gasteiger partial charge < -0.3 is 5.11 Å². The maximum Gasteiger partial charge on any atom is 0.0753 e. The molecule has 0 aromatic rings. The second-order valence-corrected chi connectivity index (χ2v) is 11.6. The summed E-state index contributed by atoms with van der Waals surface area (Å²) in [6, 6.07) is 0. The molecule has 1 nitrogen and oxygen atoms in total. The lowest BCUT2D eigenvalue weighted by atomic mass is 10.0. The van der Waals surface area contributed by atoms with Crippen LogP contribution < -0.4 is 0 Å². The maximum atomic E-state index is 10.4. The Labute approximate surface area is 108 Å². The molecule has 0 bridgehead atoms. The smallest absolute Gasteiger partial charge is 0.0753 e. The number of rotatable bonds is 1. The molecule has 1 atom stereocenters. The van der Waals surface area contributed by atoms with Crippen LogP contribution in [0.25, 0.3) is 0 Å². The number of allylic oxidation sites excluding steroid dienone is 1. The monoisotopic (exact) mass is 254 g/mol. The standard InChI is InChI=1S/C15H30OSi/c1-17(2,3)15-13-11-9-7-5-4-6-8-10-12-14(15)16/h13-14,16H,4-12H2,1-3H3/b15-13-/t14-/m0/s1. The van der Waals surface area contributed by atoms with Crippen LogP contribution in [-0.4, -0.2) is 19.3 Å². The zero-order chi connectivity index (χ0) is 12.7. The first kappa shape index (κ1) is 15.0. The third kappa shape index (κ3) is 5.87. The van der Waals surface area contributed by atoms with E-state index in [0.717, 1.165) is 6.42 Å². The molecule has 1 aliphatic carbocycles. The van der Waals surface area contributed by atoms with Crippen LogP contribution in [0.15, 0.2) is 11.3 Å². The molecular formula is C15H30OSi. The number of hydrogen-bond acceptors (Lipinski definition) is 1. The molecular weight excluding hydrogens is 224 g/mol. The summed E-state index contributed by atoms with van der Waals surface area (Å²) in [5.41, 5.74) is 0. The highest BCUT2D eigenvalue weighted by atomic mass is 28.3. The molecule has 0 spiro atoms. The van der Waals surface area contributed by atoms with Crippen LogP contribution in [0.3, 0.4) is 0 Å². The van der Waals surface area contributed by atoms with Crippen molar-refractivity contribution in [2.45, 2.75) is 83.5 Å². The molecule has 0 unspecified atom stereocenters. The Balaban J connectivity index is 2.65. The van der Waals surface area contributed by atoms with E-state index < -0.39 is 8.07 Å². The molecule has 0 saturated heterocycles. The third-order valence-electron chi connectivity index (χ3n) is 3.77. The summed E-state index contributed by atoms with van der Waals surface area (Å²) >= 11 is 0. The van der Waals surface area contributed by atoms with Crippen molar-refractivity contribution in [3.63, 3.8) is 0 Å². The van der Waals surface area contributed by atoms with Crippen LogP contribution in [0.4, 0.5) is 0 Å². The quantitative estimate of drug-likeness (QED) is 0.674. The van der Waals surface area contributed by atoms with Gasteiger partial charge in [0.15, 0.2) is 0 Å². The Hall–Kier alpha value is -0.0831. The average molecular weight is 254 g/mol. The van der Waals surface area contributed by atoms with E-state index >= 15 is 0 Å². The molecule has 1 aliphatic rings. The third-order valence-corrected chi connectivity index (χ3v) is 6.04. The van der Waals surface area contributed by atoms with Gasteiger partial charge in [0.25, 0.3) is 0 Å². The lowest BCUT2D eigenvalue weighted by Gasteiger charge is -2.26. The average Bonchev–Trinajstić information content (AvgIpc) is 2.21. The fourth-order valence-electron chi connectivity index (χ4n) is 2.72. The van der Waals surface area contributed by atoms with Crippen LogP contribution in [0, 0.1) is 0 Å². The van der Waals surface area contributed by atoms with Gasteiger partial charge in [0.05, 0.1) is 14.2 Å². The lowest BCUT2D eigenvalue weighted by Crippen LogP contribution is -2.32. The molecule has 17 heavy (non-hydrogen) atoms. The van der Waals surface area contributed by atoms with Crippen molar-refractivity contribution >= 4 is 8.07 Å². The fourth-order valence-corrected chi connectivity index (χ4v) is 4.62. The first-order chi connectivity index (χ1) is 8.02. The van der Waals surface area contributed by atoms with Gasteiger partial charge in [-0.1, -0.05) is 69.4 Å². The summed E-state index contributed by atoms with van der Waals surface area (Å²) in [6.07, 6.45) is 13.7. The number of hydrogen-bond donors (Lipinski definition) is 1. The Morgan fingerprint density at radius 2 is 1.47 bits per heavy atom. The Bertz CT molecular complexity index is 240. The van der Waals surface area contributed by atoms with Crippen molar-refractivity contribution in [2.75, 3.05) is 0 Å². The first-order valence-corrected chi connectivity index (χ1v) is 10.9. The van der Waals surface area contributed by atoms with Gasteiger partial charge in [0.1, 0.15) is 0 Å². The molecule has 0 aliphatic heterocycles. The molecule has 2 heteroatoms. The Morgan fingerprint density at radius 1 is 0.941 bits per heavy atom. The summed E-state index contributed by atoms with van der Waals surface area (Å²) in [5.74, 6) is 0. The van der Waals surface area contributed by atoms with E-state index in [9.17, 15) is 5.11 Å². The molecule has 0 fully saturated rings. The minimum atomic E-state index is -1.33. The van der Waals surface area contributed by atoms with Gasteiger partial charge in [0, 0.05) is 0 Å². The molecule has 0 amide bonds. The van der Waals surface area contributed by atoms with Crippen LogP contribution >= 0.6 is 0 Å². The normalized spacial score (nSPS) is 28.7. The summed E-state index contributed by atoms with van der Waals surface area (Å²) in [6.45, 7) is 7.07.